The summed E-state index contributed by atoms with van der Waals surface area (Å²) in [4.78, 5) is 4.10. The molecule has 4 nitrogen and oxygen atoms in total. The zero-order chi connectivity index (χ0) is 10.7. The second-order valence-electron chi connectivity index (χ2n) is 3.55. The molecule has 0 fully saturated rings. The fourth-order valence-corrected chi connectivity index (χ4v) is 1.13. The van der Waals surface area contributed by atoms with Gasteiger partial charge in [0.15, 0.2) is 0 Å². The summed E-state index contributed by atoms with van der Waals surface area (Å²) in [5.41, 5.74) is 13.2. The van der Waals surface area contributed by atoms with Crippen molar-refractivity contribution in [2.45, 2.75) is 19.9 Å². The highest BCUT2D eigenvalue weighted by molar-refractivity contribution is 5.46. The highest BCUT2D eigenvalue weighted by Crippen LogP contribution is 2.22. The van der Waals surface area contributed by atoms with Gasteiger partial charge in [-0.25, -0.2) is 4.98 Å². The van der Waals surface area contributed by atoms with Gasteiger partial charge >= 0.3 is 0 Å². The molecule has 0 spiro atoms. The summed E-state index contributed by atoms with van der Waals surface area (Å²) in [6, 6.07) is 5.01. The molecule has 14 heavy (non-hydrogen) atoms. The molecule has 0 aliphatic heterocycles. The van der Waals surface area contributed by atoms with Gasteiger partial charge in [-0.1, -0.05) is 13.8 Å². The minimum atomic E-state index is -0.219. The molecule has 0 bridgehead atoms. The highest BCUT2D eigenvalue weighted by atomic mass is 14.8. The van der Waals surface area contributed by atoms with Crippen molar-refractivity contribution in [2.75, 3.05) is 5.73 Å². The molecule has 0 saturated heterocycles. The predicted molar refractivity (Wildman–Crippen MR) is 55.1 cm³/mol. The molecule has 0 unspecified atom stereocenters. The Labute approximate surface area is 83.5 Å². The van der Waals surface area contributed by atoms with Crippen molar-refractivity contribution in [1.29, 1.82) is 5.26 Å². The zero-order valence-corrected chi connectivity index (χ0v) is 8.36. The van der Waals surface area contributed by atoms with Crippen molar-refractivity contribution < 1.29 is 0 Å². The lowest BCUT2D eigenvalue weighted by Crippen LogP contribution is -2.20. The molecule has 1 aromatic rings. The summed E-state index contributed by atoms with van der Waals surface area (Å²) < 4.78 is 0. The average molecular weight is 190 g/mol. The van der Waals surface area contributed by atoms with Gasteiger partial charge in [-0.3, -0.25) is 0 Å². The van der Waals surface area contributed by atoms with Crippen LogP contribution in [0.3, 0.4) is 0 Å². The third-order valence-electron chi connectivity index (χ3n) is 2.11. The van der Waals surface area contributed by atoms with E-state index in [0.717, 1.165) is 0 Å². The Morgan fingerprint density at radius 2 is 2.07 bits per heavy atom. The van der Waals surface area contributed by atoms with Crippen LogP contribution in [0.25, 0.3) is 0 Å². The quantitative estimate of drug-likeness (QED) is 0.733. The van der Waals surface area contributed by atoms with Crippen LogP contribution in [0.15, 0.2) is 12.1 Å². The van der Waals surface area contributed by atoms with Crippen LogP contribution < -0.4 is 11.5 Å². The largest absolute Gasteiger partial charge is 0.397 e. The van der Waals surface area contributed by atoms with E-state index in [1.165, 1.54) is 0 Å². The van der Waals surface area contributed by atoms with E-state index in [1.807, 2.05) is 19.9 Å². The molecule has 1 aromatic heterocycles. The number of nitrogens with zero attached hydrogens (tertiary/aromatic N) is 2. The van der Waals surface area contributed by atoms with Crippen LogP contribution in [0.2, 0.25) is 0 Å². The lowest BCUT2D eigenvalue weighted by molar-refractivity contribution is 0.504. The Balaban J connectivity index is 3.13. The van der Waals surface area contributed by atoms with Crippen molar-refractivity contribution in [3.63, 3.8) is 0 Å². The number of nitriles is 1. The molecular formula is C10H14N4. The number of anilines is 1. The van der Waals surface area contributed by atoms with Gasteiger partial charge in [0.2, 0.25) is 0 Å². The SMILES string of the molecule is CC(C)[C@@H](N)c1nc(C#N)ccc1N. The van der Waals surface area contributed by atoms with Crippen molar-refractivity contribution in [1.82, 2.24) is 4.98 Å². The molecule has 0 aliphatic rings. The number of nitrogen functional groups attached to an aromatic ring is 1. The van der Waals surface area contributed by atoms with Crippen molar-refractivity contribution in [2.24, 2.45) is 11.7 Å². The van der Waals surface area contributed by atoms with Gasteiger partial charge in [0.1, 0.15) is 11.8 Å². The minimum absolute atomic E-state index is 0.219. The summed E-state index contributed by atoms with van der Waals surface area (Å²) >= 11 is 0. The molecular weight excluding hydrogens is 176 g/mol. The second-order valence-corrected chi connectivity index (χ2v) is 3.55. The second kappa shape index (κ2) is 4.07. The molecule has 0 aliphatic carbocycles. The lowest BCUT2D eigenvalue weighted by Gasteiger charge is -2.16. The first-order chi connectivity index (χ1) is 6.56. The highest BCUT2D eigenvalue weighted by Gasteiger charge is 2.15. The Bertz CT molecular complexity index is 365. The van der Waals surface area contributed by atoms with E-state index in [-0.39, 0.29) is 12.0 Å². The van der Waals surface area contributed by atoms with Crippen LogP contribution in [0.5, 0.6) is 0 Å². The fourth-order valence-electron chi connectivity index (χ4n) is 1.13. The lowest BCUT2D eigenvalue weighted by atomic mass is 10.0. The van der Waals surface area contributed by atoms with Gasteiger partial charge < -0.3 is 11.5 Å². The molecule has 1 rings (SSSR count). The Kier molecular flexibility index (Phi) is 3.05. The third kappa shape index (κ3) is 2.01. The van der Waals surface area contributed by atoms with Crippen LogP contribution in [0.1, 0.15) is 31.3 Å². The number of pyridine rings is 1. The van der Waals surface area contributed by atoms with Crippen LogP contribution in [0, 0.1) is 17.2 Å². The summed E-state index contributed by atoms with van der Waals surface area (Å²) in [7, 11) is 0. The topological polar surface area (TPSA) is 88.7 Å². The molecule has 1 atom stereocenters. The average Bonchev–Trinajstić information content (AvgIpc) is 2.17. The monoisotopic (exact) mass is 190 g/mol. The molecule has 0 radical (unpaired) electrons. The molecule has 0 saturated carbocycles. The fraction of sp³-hybridized carbons (Fsp3) is 0.400. The Morgan fingerprint density at radius 3 is 2.57 bits per heavy atom. The van der Waals surface area contributed by atoms with E-state index in [4.69, 9.17) is 16.7 Å². The third-order valence-corrected chi connectivity index (χ3v) is 2.11. The van der Waals surface area contributed by atoms with E-state index in [0.29, 0.717) is 17.1 Å². The van der Waals surface area contributed by atoms with Crippen LogP contribution in [-0.4, -0.2) is 4.98 Å². The van der Waals surface area contributed by atoms with E-state index in [2.05, 4.69) is 4.98 Å². The number of aromatic nitrogens is 1. The number of hydrogen-bond donors (Lipinski definition) is 2. The van der Waals surface area contributed by atoms with Gasteiger partial charge in [-0.15, -0.1) is 0 Å². The number of nitrogens with two attached hydrogens (primary N) is 2. The van der Waals surface area contributed by atoms with Crippen molar-refractivity contribution in [3.8, 4) is 6.07 Å². The van der Waals surface area contributed by atoms with Gasteiger partial charge in [0.05, 0.1) is 17.4 Å². The first-order valence-electron chi connectivity index (χ1n) is 4.48. The molecule has 0 amide bonds. The first-order valence-corrected chi connectivity index (χ1v) is 4.48. The standard InChI is InChI=1S/C10H14N4/c1-6(2)9(13)10-8(12)4-3-7(5-11)14-10/h3-4,6,9H,12-13H2,1-2H3/t9-/m1/s1. The maximum Gasteiger partial charge on any atom is 0.141 e. The number of hydrogen-bond acceptors (Lipinski definition) is 4. The molecule has 4 heteroatoms. The first kappa shape index (κ1) is 10.5. The molecule has 4 N–H and O–H groups in total. The van der Waals surface area contributed by atoms with Crippen LogP contribution >= 0.6 is 0 Å². The van der Waals surface area contributed by atoms with Gasteiger partial charge in [0.25, 0.3) is 0 Å². The van der Waals surface area contributed by atoms with Crippen molar-refractivity contribution >= 4 is 5.69 Å². The molecule has 0 aromatic carbocycles. The van der Waals surface area contributed by atoms with Gasteiger partial charge in [0, 0.05) is 0 Å². The maximum atomic E-state index is 8.68. The maximum absolute atomic E-state index is 8.68. The van der Waals surface area contributed by atoms with Gasteiger partial charge in [-0.2, -0.15) is 5.26 Å². The van der Waals surface area contributed by atoms with E-state index >= 15 is 0 Å². The van der Waals surface area contributed by atoms with Crippen LogP contribution in [0.4, 0.5) is 5.69 Å². The Hall–Kier alpha value is -1.60. The zero-order valence-electron chi connectivity index (χ0n) is 8.36. The minimum Gasteiger partial charge on any atom is -0.397 e. The summed E-state index contributed by atoms with van der Waals surface area (Å²) in [6.45, 7) is 3.98. The summed E-state index contributed by atoms with van der Waals surface area (Å²) in [5.74, 6) is 0.249. The van der Waals surface area contributed by atoms with Crippen LogP contribution in [-0.2, 0) is 0 Å². The summed E-state index contributed by atoms with van der Waals surface area (Å²) in [6.07, 6.45) is 0. The van der Waals surface area contributed by atoms with E-state index in [9.17, 15) is 0 Å². The van der Waals surface area contributed by atoms with E-state index < -0.39 is 0 Å². The Morgan fingerprint density at radius 1 is 1.43 bits per heavy atom. The molecule has 74 valence electrons. The summed E-state index contributed by atoms with van der Waals surface area (Å²) in [5, 5.41) is 8.68. The van der Waals surface area contributed by atoms with Gasteiger partial charge in [-0.05, 0) is 18.1 Å². The predicted octanol–water partition coefficient (Wildman–Crippen LogP) is 1.19. The van der Waals surface area contributed by atoms with Crippen molar-refractivity contribution in [3.05, 3.63) is 23.5 Å². The normalized spacial score (nSPS) is 12.5. The van der Waals surface area contributed by atoms with E-state index in [1.54, 1.807) is 12.1 Å². The number of rotatable bonds is 2. The smallest absolute Gasteiger partial charge is 0.141 e. The molecule has 1 heterocycles.